The summed E-state index contributed by atoms with van der Waals surface area (Å²) in [5.41, 5.74) is 2.56. The van der Waals surface area contributed by atoms with Gasteiger partial charge in [0.2, 0.25) is 17.7 Å². The molecule has 1 fully saturated rings. The molecule has 2 amide bonds. The minimum Gasteiger partial charge on any atom is -0.407 e. The number of carbonyl (C=O) groups is 2. The molecular weight excluding hydrogens is 375 g/mol. The topological polar surface area (TPSA) is 88.3 Å². The van der Waals surface area contributed by atoms with Gasteiger partial charge in [-0.3, -0.25) is 14.9 Å². The van der Waals surface area contributed by atoms with Crippen molar-refractivity contribution in [2.45, 2.75) is 25.7 Å². The van der Waals surface area contributed by atoms with Crippen LogP contribution in [0.2, 0.25) is 0 Å². The summed E-state index contributed by atoms with van der Waals surface area (Å²) in [6, 6.07) is 13.4. The monoisotopic (exact) mass is 394 g/mol. The summed E-state index contributed by atoms with van der Waals surface area (Å²) in [4.78, 5) is 26.1. The molecule has 0 unspecified atom stereocenters. The van der Waals surface area contributed by atoms with Crippen LogP contribution in [0.5, 0.6) is 0 Å². The average Bonchev–Trinajstić information content (AvgIpc) is 3.31. The fourth-order valence-electron chi connectivity index (χ4n) is 3.34. The van der Waals surface area contributed by atoms with Crippen LogP contribution in [0.1, 0.15) is 29.4 Å². The number of rotatable bonds is 5. The van der Waals surface area contributed by atoms with Crippen molar-refractivity contribution < 1.29 is 18.4 Å². The summed E-state index contributed by atoms with van der Waals surface area (Å²) in [6.45, 7) is 2.29. The van der Waals surface area contributed by atoms with Crippen molar-refractivity contribution in [2.75, 3.05) is 16.8 Å². The zero-order valence-corrected chi connectivity index (χ0v) is 15.8. The highest BCUT2D eigenvalue weighted by Gasteiger charge is 2.35. The molecule has 1 N–H and O–H groups in total. The van der Waals surface area contributed by atoms with Gasteiger partial charge in [0.05, 0.1) is 12.3 Å². The molecule has 1 aliphatic heterocycles. The van der Waals surface area contributed by atoms with Gasteiger partial charge in [-0.2, -0.15) is 0 Å². The average molecular weight is 394 g/mol. The van der Waals surface area contributed by atoms with E-state index in [1.54, 1.807) is 17.0 Å². The maximum Gasteiger partial charge on any atom is 0.322 e. The van der Waals surface area contributed by atoms with Gasteiger partial charge >= 0.3 is 6.01 Å². The normalized spacial score (nSPS) is 16.3. The number of carbonyl (C=O) groups excluding carboxylic acids is 2. The van der Waals surface area contributed by atoms with Crippen molar-refractivity contribution >= 4 is 23.5 Å². The molecule has 8 heteroatoms. The lowest BCUT2D eigenvalue weighted by Gasteiger charge is -2.15. The first-order valence-electron chi connectivity index (χ1n) is 9.23. The second kappa shape index (κ2) is 7.83. The first-order chi connectivity index (χ1) is 14.0. The van der Waals surface area contributed by atoms with Crippen LogP contribution in [0.4, 0.5) is 16.1 Å². The molecule has 1 aromatic heterocycles. The number of nitrogens with zero attached hydrogens (tertiary/aromatic N) is 3. The van der Waals surface area contributed by atoms with Crippen LogP contribution < -0.4 is 10.2 Å². The van der Waals surface area contributed by atoms with Gasteiger partial charge in [-0.15, -0.1) is 5.10 Å². The van der Waals surface area contributed by atoms with Gasteiger partial charge in [0.25, 0.3) is 0 Å². The lowest BCUT2D eigenvalue weighted by atomic mass is 10.1. The lowest BCUT2D eigenvalue weighted by Crippen LogP contribution is -2.24. The highest BCUT2D eigenvalue weighted by Crippen LogP contribution is 2.31. The SMILES string of the molecule is Cc1ccccc1CC(=O)Nc1nnc([C@@H]2CC(=O)N(c3ccc(F)cc3)C2)o1. The number of aryl methyl sites for hydroxylation is 1. The van der Waals surface area contributed by atoms with E-state index in [0.717, 1.165) is 11.1 Å². The van der Waals surface area contributed by atoms with Crippen molar-refractivity contribution in [3.8, 4) is 0 Å². The van der Waals surface area contributed by atoms with Gasteiger partial charge in [0.1, 0.15) is 5.82 Å². The van der Waals surface area contributed by atoms with Crippen LogP contribution in [0.3, 0.4) is 0 Å². The number of nitrogens with one attached hydrogen (secondary N) is 1. The predicted octanol–water partition coefficient (Wildman–Crippen LogP) is 3.22. The molecule has 1 aliphatic rings. The molecule has 0 saturated carbocycles. The van der Waals surface area contributed by atoms with Crippen LogP contribution in [0.15, 0.2) is 52.9 Å². The number of hydrogen-bond donors (Lipinski definition) is 1. The molecular formula is C21H19FN4O3. The Morgan fingerprint density at radius 3 is 2.72 bits per heavy atom. The molecule has 4 rings (SSSR count). The summed E-state index contributed by atoms with van der Waals surface area (Å²) in [6.07, 6.45) is 0.404. The molecule has 29 heavy (non-hydrogen) atoms. The molecule has 148 valence electrons. The lowest BCUT2D eigenvalue weighted by molar-refractivity contribution is -0.117. The molecule has 0 radical (unpaired) electrons. The summed E-state index contributed by atoms with van der Waals surface area (Å²) >= 11 is 0. The smallest absolute Gasteiger partial charge is 0.322 e. The number of amides is 2. The van der Waals surface area contributed by atoms with Gasteiger partial charge in [-0.05, 0) is 42.3 Å². The van der Waals surface area contributed by atoms with E-state index in [1.807, 2.05) is 31.2 Å². The third-order valence-electron chi connectivity index (χ3n) is 4.91. The summed E-state index contributed by atoms with van der Waals surface area (Å²) in [7, 11) is 0. The van der Waals surface area contributed by atoms with Crippen molar-refractivity contribution in [1.82, 2.24) is 10.2 Å². The number of aromatic nitrogens is 2. The van der Waals surface area contributed by atoms with Crippen molar-refractivity contribution in [3.63, 3.8) is 0 Å². The first-order valence-corrected chi connectivity index (χ1v) is 9.23. The quantitative estimate of drug-likeness (QED) is 0.718. The Balaban J connectivity index is 1.40. The molecule has 3 aromatic rings. The molecule has 0 bridgehead atoms. The maximum atomic E-state index is 13.1. The Hall–Kier alpha value is -3.55. The fraction of sp³-hybridized carbons (Fsp3) is 0.238. The molecule has 0 spiro atoms. The van der Waals surface area contributed by atoms with E-state index in [-0.39, 0.29) is 48.3 Å². The van der Waals surface area contributed by atoms with Crippen molar-refractivity contribution in [3.05, 3.63) is 71.4 Å². The molecule has 2 heterocycles. The Kier molecular flexibility index (Phi) is 5.07. The minimum atomic E-state index is -0.361. The molecule has 1 atom stereocenters. The summed E-state index contributed by atoms with van der Waals surface area (Å²) < 4.78 is 18.7. The van der Waals surface area contributed by atoms with Crippen LogP contribution in [0, 0.1) is 12.7 Å². The van der Waals surface area contributed by atoms with E-state index in [0.29, 0.717) is 12.2 Å². The van der Waals surface area contributed by atoms with E-state index in [9.17, 15) is 14.0 Å². The largest absolute Gasteiger partial charge is 0.407 e. The number of anilines is 2. The highest BCUT2D eigenvalue weighted by molar-refractivity contribution is 5.96. The molecule has 1 saturated heterocycles. The first kappa shape index (κ1) is 18.8. The fourth-order valence-corrected chi connectivity index (χ4v) is 3.34. The van der Waals surface area contributed by atoms with Crippen molar-refractivity contribution in [1.29, 1.82) is 0 Å². The Morgan fingerprint density at radius 2 is 1.97 bits per heavy atom. The Morgan fingerprint density at radius 1 is 1.21 bits per heavy atom. The van der Waals surface area contributed by atoms with Gasteiger partial charge in [0, 0.05) is 18.7 Å². The zero-order chi connectivity index (χ0) is 20.4. The number of hydrogen-bond acceptors (Lipinski definition) is 5. The van der Waals surface area contributed by atoms with E-state index in [1.165, 1.54) is 12.1 Å². The minimum absolute atomic E-state index is 0.00580. The number of halogens is 1. The highest BCUT2D eigenvalue weighted by atomic mass is 19.1. The number of benzene rings is 2. The second-order valence-electron chi connectivity index (χ2n) is 6.98. The van der Waals surface area contributed by atoms with Crippen LogP contribution in [-0.2, 0) is 16.0 Å². The van der Waals surface area contributed by atoms with Gasteiger partial charge in [0.15, 0.2) is 0 Å². The maximum absolute atomic E-state index is 13.1. The standard InChI is InChI=1S/C21H19FN4O3/c1-13-4-2-3-5-14(13)10-18(27)23-21-25-24-20(29-21)15-11-19(28)26(12-15)17-8-6-16(22)7-9-17/h2-9,15H,10-12H2,1H3,(H,23,25,27)/t15-/m1/s1. The van der Waals surface area contributed by atoms with Crippen molar-refractivity contribution in [2.24, 2.45) is 0 Å². The van der Waals surface area contributed by atoms with E-state index >= 15 is 0 Å². The van der Waals surface area contributed by atoms with Crippen LogP contribution in [0.25, 0.3) is 0 Å². The Labute approximate surface area is 166 Å². The van der Waals surface area contributed by atoms with Crippen LogP contribution in [-0.4, -0.2) is 28.6 Å². The predicted molar refractivity (Wildman–Crippen MR) is 104 cm³/mol. The van der Waals surface area contributed by atoms with E-state index in [2.05, 4.69) is 15.5 Å². The third-order valence-corrected chi connectivity index (χ3v) is 4.91. The van der Waals surface area contributed by atoms with Gasteiger partial charge in [-0.25, -0.2) is 4.39 Å². The van der Waals surface area contributed by atoms with Gasteiger partial charge in [-0.1, -0.05) is 29.4 Å². The van der Waals surface area contributed by atoms with Gasteiger partial charge < -0.3 is 9.32 Å². The van der Waals surface area contributed by atoms with Crippen LogP contribution >= 0.6 is 0 Å². The van der Waals surface area contributed by atoms with E-state index < -0.39 is 0 Å². The summed E-state index contributed by atoms with van der Waals surface area (Å²) in [5.74, 6) is -0.731. The molecule has 0 aliphatic carbocycles. The molecule has 2 aromatic carbocycles. The van der Waals surface area contributed by atoms with E-state index in [4.69, 9.17) is 4.42 Å². The summed E-state index contributed by atoms with van der Waals surface area (Å²) in [5, 5.41) is 10.5. The third kappa shape index (κ3) is 4.16. The molecule has 7 nitrogen and oxygen atoms in total. The second-order valence-corrected chi connectivity index (χ2v) is 6.98. The zero-order valence-electron chi connectivity index (χ0n) is 15.8. The Bertz CT molecular complexity index is 1050.